The van der Waals surface area contributed by atoms with Gasteiger partial charge in [-0.25, -0.2) is 9.50 Å². The number of hydrogen-bond donors (Lipinski definition) is 1. The summed E-state index contributed by atoms with van der Waals surface area (Å²) in [6, 6.07) is 12.1. The molecule has 5 heteroatoms. The minimum Gasteiger partial charge on any atom is -0.314 e. The molecule has 4 nitrogen and oxygen atoms in total. The van der Waals surface area contributed by atoms with Crippen LogP contribution in [0.2, 0.25) is 0 Å². The maximum atomic E-state index is 4.60. The molecule has 1 aromatic carbocycles. The number of halogens is 1. The summed E-state index contributed by atoms with van der Waals surface area (Å²) in [6.45, 7) is 0.746. The Hall–Kier alpha value is -1.72. The lowest BCUT2D eigenvalue weighted by Gasteiger charge is -2.01. The summed E-state index contributed by atoms with van der Waals surface area (Å²) in [5, 5.41) is 7.68. The van der Waals surface area contributed by atoms with E-state index in [2.05, 4.69) is 37.4 Å². The lowest BCUT2D eigenvalue weighted by Crippen LogP contribution is -2.04. The molecule has 0 unspecified atom stereocenters. The van der Waals surface area contributed by atoms with Gasteiger partial charge in [-0.15, -0.1) is 0 Å². The highest BCUT2D eigenvalue weighted by molar-refractivity contribution is 9.10. The van der Waals surface area contributed by atoms with Crippen molar-refractivity contribution < 1.29 is 0 Å². The van der Waals surface area contributed by atoms with Gasteiger partial charge in [0.05, 0.1) is 17.6 Å². The summed E-state index contributed by atoms with van der Waals surface area (Å²) in [5.41, 5.74) is 3.87. The predicted octanol–water partition coefficient (Wildman–Crippen LogP) is 2.88. The summed E-state index contributed by atoms with van der Waals surface area (Å²) in [5.74, 6) is 0. The van der Waals surface area contributed by atoms with E-state index in [0.717, 1.165) is 33.6 Å². The summed E-state index contributed by atoms with van der Waals surface area (Å²) < 4.78 is 2.87. The van der Waals surface area contributed by atoms with Gasteiger partial charge in [-0.05, 0) is 31.3 Å². The third-order valence-electron chi connectivity index (χ3n) is 2.85. The second-order valence-corrected chi connectivity index (χ2v) is 5.21. The maximum absolute atomic E-state index is 4.60. The van der Waals surface area contributed by atoms with Crippen LogP contribution in [0.15, 0.2) is 47.1 Å². The number of fused-ring (bicyclic) bond motifs is 1. The van der Waals surface area contributed by atoms with E-state index in [0.29, 0.717) is 0 Å². The zero-order valence-corrected chi connectivity index (χ0v) is 12.1. The zero-order valence-electron chi connectivity index (χ0n) is 10.5. The van der Waals surface area contributed by atoms with E-state index in [4.69, 9.17) is 0 Å². The first kappa shape index (κ1) is 12.3. The fraction of sp³-hybridized carbons (Fsp3) is 0.143. The first-order valence-corrected chi connectivity index (χ1v) is 6.81. The van der Waals surface area contributed by atoms with E-state index in [1.54, 1.807) is 0 Å². The van der Waals surface area contributed by atoms with Crippen molar-refractivity contribution in [1.82, 2.24) is 19.9 Å². The maximum Gasteiger partial charge on any atom is 0.153 e. The highest BCUT2D eigenvalue weighted by Gasteiger charge is 2.05. The Bertz CT molecular complexity index is 720. The molecule has 0 amide bonds. The van der Waals surface area contributed by atoms with E-state index in [1.807, 2.05) is 48.1 Å². The van der Waals surface area contributed by atoms with Gasteiger partial charge in [-0.1, -0.05) is 28.1 Å². The summed E-state index contributed by atoms with van der Waals surface area (Å²) in [6.07, 6.45) is 1.95. The van der Waals surface area contributed by atoms with Crippen LogP contribution >= 0.6 is 15.9 Å². The molecule has 0 radical (unpaired) electrons. The van der Waals surface area contributed by atoms with Gasteiger partial charge in [0.15, 0.2) is 5.65 Å². The molecule has 96 valence electrons. The molecule has 0 saturated heterocycles. The summed E-state index contributed by atoms with van der Waals surface area (Å²) in [4.78, 5) is 4.48. The minimum atomic E-state index is 0.746. The van der Waals surface area contributed by atoms with Crippen LogP contribution in [0, 0.1) is 0 Å². The third-order valence-corrected chi connectivity index (χ3v) is 3.34. The highest BCUT2D eigenvalue weighted by Crippen LogP contribution is 2.21. The Labute approximate surface area is 119 Å². The van der Waals surface area contributed by atoms with Crippen molar-refractivity contribution in [2.45, 2.75) is 6.54 Å². The van der Waals surface area contributed by atoms with Gasteiger partial charge < -0.3 is 5.32 Å². The van der Waals surface area contributed by atoms with Crippen molar-refractivity contribution >= 4 is 21.6 Å². The highest BCUT2D eigenvalue weighted by atomic mass is 79.9. The van der Waals surface area contributed by atoms with E-state index < -0.39 is 0 Å². The van der Waals surface area contributed by atoms with Gasteiger partial charge >= 0.3 is 0 Å². The third kappa shape index (κ3) is 2.52. The molecule has 0 aliphatic rings. The largest absolute Gasteiger partial charge is 0.314 e. The van der Waals surface area contributed by atoms with Crippen molar-refractivity contribution in [1.29, 1.82) is 0 Å². The van der Waals surface area contributed by atoms with Crippen LogP contribution in [0.3, 0.4) is 0 Å². The minimum absolute atomic E-state index is 0.746. The molecule has 3 aromatic rings. The molecule has 0 spiro atoms. The van der Waals surface area contributed by atoms with E-state index in [-0.39, 0.29) is 0 Å². The van der Waals surface area contributed by atoms with Crippen LogP contribution in [0.4, 0.5) is 0 Å². The van der Waals surface area contributed by atoms with E-state index in [9.17, 15) is 0 Å². The van der Waals surface area contributed by atoms with Crippen molar-refractivity contribution in [3.63, 3.8) is 0 Å². The summed E-state index contributed by atoms with van der Waals surface area (Å²) in [7, 11) is 1.91. The smallest absolute Gasteiger partial charge is 0.153 e. The molecule has 0 bridgehead atoms. The molecular formula is C14H13BrN4. The molecule has 0 fully saturated rings. The van der Waals surface area contributed by atoms with Gasteiger partial charge in [0.2, 0.25) is 0 Å². The standard InChI is InChI=1S/C14H13BrN4/c1-16-8-12-9-19-14(17-12)6-5-13(18-19)10-3-2-4-11(15)7-10/h2-7,9,16H,8H2,1H3. The molecule has 2 aromatic heterocycles. The van der Waals surface area contributed by atoms with Crippen LogP contribution in [0.1, 0.15) is 5.69 Å². The second-order valence-electron chi connectivity index (χ2n) is 4.29. The topological polar surface area (TPSA) is 42.2 Å². The number of nitrogens with zero attached hydrogens (tertiary/aromatic N) is 3. The van der Waals surface area contributed by atoms with Gasteiger partial charge in [0, 0.05) is 16.6 Å². The Morgan fingerprint density at radius 3 is 2.95 bits per heavy atom. The number of imidazole rings is 1. The monoisotopic (exact) mass is 316 g/mol. The molecule has 2 heterocycles. The number of benzene rings is 1. The van der Waals surface area contributed by atoms with E-state index in [1.165, 1.54) is 0 Å². The molecule has 0 aliphatic heterocycles. The van der Waals surface area contributed by atoms with Crippen molar-refractivity contribution in [2.24, 2.45) is 0 Å². The number of rotatable bonds is 3. The fourth-order valence-electron chi connectivity index (χ4n) is 2.00. The Kier molecular flexibility index (Phi) is 3.31. The normalized spacial score (nSPS) is 11.1. The van der Waals surface area contributed by atoms with Crippen LogP contribution < -0.4 is 5.32 Å². The Balaban J connectivity index is 2.05. The van der Waals surface area contributed by atoms with Gasteiger partial charge in [-0.2, -0.15) is 5.10 Å². The molecule has 19 heavy (non-hydrogen) atoms. The first-order chi connectivity index (χ1) is 9.26. The predicted molar refractivity (Wildman–Crippen MR) is 78.9 cm³/mol. The second kappa shape index (κ2) is 5.11. The first-order valence-electron chi connectivity index (χ1n) is 6.02. The van der Waals surface area contributed by atoms with Gasteiger partial charge in [0.25, 0.3) is 0 Å². The van der Waals surface area contributed by atoms with Gasteiger partial charge in [-0.3, -0.25) is 0 Å². The molecule has 1 N–H and O–H groups in total. The molecule has 0 atom stereocenters. The number of hydrogen-bond acceptors (Lipinski definition) is 3. The average Bonchev–Trinajstić information content (AvgIpc) is 2.80. The van der Waals surface area contributed by atoms with Crippen LogP contribution in [-0.4, -0.2) is 21.6 Å². The average molecular weight is 317 g/mol. The van der Waals surface area contributed by atoms with Crippen LogP contribution in [-0.2, 0) is 6.54 Å². The molecule has 3 rings (SSSR count). The van der Waals surface area contributed by atoms with Crippen molar-refractivity contribution in [2.75, 3.05) is 7.05 Å². The number of aromatic nitrogens is 3. The fourth-order valence-corrected chi connectivity index (χ4v) is 2.40. The Morgan fingerprint density at radius 2 is 2.16 bits per heavy atom. The molecule has 0 aliphatic carbocycles. The number of nitrogens with one attached hydrogen (secondary N) is 1. The van der Waals surface area contributed by atoms with Gasteiger partial charge in [0.1, 0.15) is 0 Å². The Morgan fingerprint density at radius 1 is 1.26 bits per heavy atom. The molecular weight excluding hydrogens is 304 g/mol. The van der Waals surface area contributed by atoms with Crippen LogP contribution in [0.5, 0.6) is 0 Å². The molecule has 0 saturated carbocycles. The lowest BCUT2D eigenvalue weighted by molar-refractivity contribution is 0.796. The van der Waals surface area contributed by atoms with Crippen molar-refractivity contribution in [3.05, 3.63) is 52.8 Å². The van der Waals surface area contributed by atoms with Crippen molar-refractivity contribution in [3.8, 4) is 11.3 Å². The SMILES string of the molecule is CNCc1cn2nc(-c3cccc(Br)c3)ccc2n1. The zero-order chi connectivity index (χ0) is 13.2. The van der Waals surface area contributed by atoms with Crippen LogP contribution in [0.25, 0.3) is 16.9 Å². The lowest BCUT2D eigenvalue weighted by atomic mass is 10.1. The van der Waals surface area contributed by atoms with E-state index >= 15 is 0 Å². The quantitative estimate of drug-likeness (QED) is 0.808. The summed E-state index contributed by atoms with van der Waals surface area (Å²) >= 11 is 3.48.